The molecule has 1 aromatic rings. The molecule has 2 aliphatic rings. The number of phenols is 1. The van der Waals surface area contributed by atoms with Crippen molar-refractivity contribution in [3.05, 3.63) is 46.3 Å². The van der Waals surface area contributed by atoms with Gasteiger partial charge in [0.05, 0.1) is 25.9 Å². The third-order valence-electron chi connectivity index (χ3n) is 5.86. The van der Waals surface area contributed by atoms with Crippen molar-refractivity contribution in [2.45, 2.75) is 40.0 Å². The van der Waals surface area contributed by atoms with Crippen LogP contribution in [0.15, 0.2) is 40.7 Å². The maximum atomic E-state index is 13.7. The van der Waals surface area contributed by atoms with Crippen molar-refractivity contribution < 1.29 is 33.7 Å². The van der Waals surface area contributed by atoms with Crippen molar-refractivity contribution in [2.24, 2.45) is 11.8 Å². The van der Waals surface area contributed by atoms with E-state index in [9.17, 15) is 19.5 Å². The average molecular weight is 443 g/mol. The molecule has 3 atom stereocenters. The predicted molar refractivity (Wildman–Crippen MR) is 116 cm³/mol. The van der Waals surface area contributed by atoms with Gasteiger partial charge in [0.1, 0.15) is 5.92 Å². The summed E-state index contributed by atoms with van der Waals surface area (Å²) < 4.78 is 15.7. The van der Waals surface area contributed by atoms with Gasteiger partial charge in [0.25, 0.3) is 0 Å². The summed E-state index contributed by atoms with van der Waals surface area (Å²) in [5, 5.41) is 13.3. The molecule has 0 saturated heterocycles. The van der Waals surface area contributed by atoms with E-state index in [-0.39, 0.29) is 42.0 Å². The summed E-state index contributed by atoms with van der Waals surface area (Å²) in [7, 11) is 1.42. The summed E-state index contributed by atoms with van der Waals surface area (Å²) in [6.45, 7) is 7.34. The maximum absolute atomic E-state index is 13.7. The number of nitrogens with one attached hydrogen (secondary N) is 1. The summed E-state index contributed by atoms with van der Waals surface area (Å²) in [6.07, 6.45) is 0.448. The van der Waals surface area contributed by atoms with E-state index in [1.807, 2.05) is 6.92 Å². The van der Waals surface area contributed by atoms with E-state index in [1.54, 1.807) is 32.9 Å². The molecule has 8 nitrogen and oxygen atoms in total. The number of aromatic hydroxyl groups is 1. The quantitative estimate of drug-likeness (QED) is 0.510. The highest BCUT2D eigenvalue weighted by atomic mass is 16.5. The van der Waals surface area contributed by atoms with Gasteiger partial charge in [-0.3, -0.25) is 9.59 Å². The van der Waals surface area contributed by atoms with Crippen molar-refractivity contribution in [3.8, 4) is 11.5 Å². The Hall–Kier alpha value is -3.29. The number of esters is 2. The molecule has 0 spiro atoms. The highest BCUT2D eigenvalue weighted by Crippen LogP contribution is 2.46. The van der Waals surface area contributed by atoms with Gasteiger partial charge in [0.2, 0.25) is 0 Å². The van der Waals surface area contributed by atoms with Crippen molar-refractivity contribution in [1.82, 2.24) is 5.32 Å². The zero-order chi connectivity index (χ0) is 23.6. The van der Waals surface area contributed by atoms with Crippen LogP contribution in [-0.4, -0.2) is 43.2 Å². The van der Waals surface area contributed by atoms with E-state index in [4.69, 9.17) is 14.2 Å². The monoisotopic (exact) mass is 443 g/mol. The lowest BCUT2D eigenvalue weighted by Gasteiger charge is -2.38. The fourth-order valence-corrected chi connectivity index (χ4v) is 4.47. The predicted octanol–water partition coefficient (Wildman–Crippen LogP) is 2.97. The van der Waals surface area contributed by atoms with Crippen LogP contribution in [0.25, 0.3) is 0 Å². The molecular weight excluding hydrogens is 414 g/mol. The van der Waals surface area contributed by atoms with Gasteiger partial charge in [0, 0.05) is 22.9 Å². The smallest absolute Gasteiger partial charge is 0.336 e. The molecule has 172 valence electrons. The van der Waals surface area contributed by atoms with E-state index < -0.39 is 23.8 Å². The van der Waals surface area contributed by atoms with E-state index in [0.29, 0.717) is 29.0 Å². The first-order valence-electron chi connectivity index (χ1n) is 10.7. The molecule has 3 rings (SSSR count). The molecule has 1 heterocycles. The van der Waals surface area contributed by atoms with Crippen molar-refractivity contribution in [1.29, 1.82) is 0 Å². The molecule has 1 aliphatic heterocycles. The lowest BCUT2D eigenvalue weighted by atomic mass is 9.69. The van der Waals surface area contributed by atoms with Gasteiger partial charge >= 0.3 is 11.9 Å². The van der Waals surface area contributed by atoms with Crippen molar-refractivity contribution >= 4 is 17.7 Å². The molecule has 0 radical (unpaired) electrons. The molecule has 2 N–H and O–H groups in total. The fourth-order valence-electron chi connectivity index (χ4n) is 4.47. The molecule has 0 saturated carbocycles. The lowest BCUT2D eigenvalue weighted by molar-refractivity contribution is -0.153. The van der Waals surface area contributed by atoms with E-state index in [0.717, 1.165) is 0 Å². The third kappa shape index (κ3) is 4.09. The first-order valence-corrected chi connectivity index (χ1v) is 10.7. The second kappa shape index (κ2) is 9.46. The number of carbonyl (C=O) groups is 3. The Morgan fingerprint density at radius 3 is 2.50 bits per heavy atom. The molecule has 32 heavy (non-hydrogen) atoms. The maximum Gasteiger partial charge on any atom is 0.336 e. The molecule has 0 amide bonds. The number of dihydropyridines is 1. The van der Waals surface area contributed by atoms with Crippen LogP contribution in [0.1, 0.15) is 45.6 Å². The zero-order valence-corrected chi connectivity index (χ0v) is 19.0. The number of methoxy groups -OCH3 is 1. The number of Topliss-reactive ketones (excluding diaryl/α,β-unsaturated/α-hetero) is 1. The summed E-state index contributed by atoms with van der Waals surface area (Å²) in [5.41, 5.74) is 2.44. The fraction of sp³-hybridized carbons (Fsp3) is 0.458. The molecule has 0 aromatic heterocycles. The molecule has 8 heteroatoms. The van der Waals surface area contributed by atoms with Crippen LogP contribution in [-0.2, 0) is 23.9 Å². The number of hydrogen-bond donors (Lipinski definition) is 2. The first kappa shape index (κ1) is 23.4. The van der Waals surface area contributed by atoms with Crippen LogP contribution in [0.3, 0.4) is 0 Å². The normalized spacial score (nSPS) is 22.8. The second-order valence-electron chi connectivity index (χ2n) is 7.92. The molecular formula is C24H29NO7. The van der Waals surface area contributed by atoms with Crippen LogP contribution >= 0.6 is 0 Å². The number of allylic oxidation sites excluding steroid dienone is 3. The zero-order valence-electron chi connectivity index (χ0n) is 19.0. The van der Waals surface area contributed by atoms with Crippen LogP contribution < -0.4 is 10.1 Å². The molecule has 1 aliphatic carbocycles. The minimum absolute atomic E-state index is 0.0641. The number of hydrogen-bond acceptors (Lipinski definition) is 8. The Morgan fingerprint density at radius 1 is 1.19 bits per heavy atom. The summed E-state index contributed by atoms with van der Waals surface area (Å²) in [4.78, 5) is 39.2. The SMILES string of the molecule is CCOC(=O)C1=C(C)NC2=C(C(=O)[C@H](C(=O)OCC)[C@@H](C)C2)[C@H]1c1ccc(O)c(OC)c1. The summed E-state index contributed by atoms with van der Waals surface area (Å²) >= 11 is 0. The van der Waals surface area contributed by atoms with Gasteiger partial charge in [-0.2, -0.15) is 0 Å². The van der Waals surface area contributed by atoms with Gasteiger partial charge in [-0.05, 0) is 50.8 Å². The van der Waals surface area contributed by atoms with Crippen molar-refractivity contribution in [2.75, 3.05) is 20.3 Å². The Bertz CT molecular complexity index is 1010. The van der Waals surface area contributed by atoms with Crippen LogP contribution in [0, 0.1) is 11.8 Å². The number of phenolic OH excluding ortho intramolecular Hbond substituents is 1. The largest absolute Gasteiger partial charge is 0.504 e. The molecule has 1 aromatic carbocycles. The highest BCUT2D eigenvalue weighted by Gasteiger charge is 2.47. The van der Waals surface area contributed by atoms with E-state index >= 15 is 0 Å². The third-order valence-corrected chi connectivity index (χ3v) is 5.86. The highest BCUT2D eigenvalue weighted by molar-refractivity contribution is 6.12. The molecule has 0 bridgehead atoms. The lowest BCUT2D eigenvalue weighted by Crippen LogP contribution is -2.43. The number of rotatable bonds is 6. The molecule has 0 unspecified atom stereocenters. The minimum Gasteiger partial charge on any atom is -0.504 e. The van der Waals surface area contributed by atoms with Gasteiger partial charge in [-0.15, -0.1) is 0 Å². The van der Waals surface area contributed by atoms with Crippen LogP contribution in [0.4, 0.5) is 0 Å². The van der Waals surface area contributed by atoms with E-state index in [2.05, 4.69) is 5.32 Å². The standard InChI is InChI=1S/C24H29NO7/c1-6-31-23(28)18-12(3)10-15-21(22(18)27)20(14-8-9-16(26)17(11-14)30-5)19(13(4)25-15)24(29)32-7-2/h8-9,11-12,18,20,25-26H,6-7,10H2,1-5H3/t12-,18+,20-/m0/s1. The Labute approximate surface area is 187 Å². The number of benzene rings is 1. The Morgan fingerprint density at radius 2 is 1.88 bits per heavy atom. The van der Waals surface area contributed by atoms with Gasteiger partial charge in [0.15, 0.2) is 17.3 Å². The topological polar surface area (TPSA) is 111 Å². The second-order valence-corrected chi connectivity index (χ2v) is 7.92. The van der Waals surface area contributed by atoms with E-state index in [1.165, 1.54) is 13.2 Å². The van der Waals surface area contributed by atoms with Crippen LogP contribution in [0.2, 0.25) is 0 Å². The van der Waals surface area contributed by atoms with Gasteiger partial charge in [-0.25, -0.2) is 4.79 Å². The number of ketones is 1. The number of ether oxygens (including phenoxy) is 3. The van der Waals surface area contributed by atoms with Crippen molar-refractivity contribution in [3.63, 3.8) is 0 Å². The molecule has 0 fully saturated rings. The number of carbonyl (C=O) groups excluding carboxylic acids is 3. The Kier molecular flexibility index (Phi) is 6.91. The summed E-state index contributed by atoms with van der Waals surface area (Å²) in [6, 6.07) is 4.68. The average Bonchev–Trinajstić information content (AvgIpc) is 2.73. The van der Waals surface area contributed by atoms with Gasteiger partial charge < -0.3 is 24.6 Å². The van der Waals surface area contributed by atoms with Crippen LogP contribution in [0.5, 0.6) is 11.5 Å². The Balaban J connectivity index is 2.20. The minimum atomic E-state index is -0.959. The first-order chi connectivity index (χ1) is 15.2. The van der Waals surface area contributed by atoms with Gasteiger partial charge in [-0.1, -0.05) is 13.0 Å². The summed E-state index contributed by atoms with van der Waals surface area (Å²) in [5.74, 6) is -3.36.